The largest absolute Gasteiger partial charge is 0.480 e. The van der Waals surface area contributed by atoms with E-state index in [9.17, 15) is 9.90 Å². The van der Waals surface area contributed by atoms with Crippen molar-refractivity contribution in [3.05, 3.63) is 34.9 Å². The summed E-state index contributed by atoms with van der Waals surface area (Å²) in [5, 5.41) is 13.3. The molecular formula is C15H22ClNO2. The molecule has 106 valence electrons. The fraction of sp³-hybridized carbons (Fsp3) is 0.533. The van der Waals surface area contributed by atoms with Crippen LogP contribution in [0.5, 0.6) is 0 Å². The van der Waals surface area contributed by atoms with Crippen LogP contribution in [0.15, 0.2) is 24.3 Å². The van der Waals surface area contributed by atoms with Crippen LogP contribution in [0.4, 0.5) is 0 Å². The third-order valence-corrected chi connectivity index (χ3v) is 3.49. The Morgan fingerprint density at radius 1 is 1.42 bits per heavy atom. The van der Waals surface area contributed by atoms with Gasteiger partial charge in [0.05, 0.1) is 0 Å². The zero-order valence-corrected chi connectivity index (χ0v) is 12.5. The second-order valence-corrected chi connectivity index (χ2v) is 5.70. The van der Waals surface area contributed by atoms with Gasteiger partial charge in [-0.3, -0.25) is 10.1 Å². The molecule has 2 unspecified atom stereocenters. The van der Waals surface area contributed by atoms with Crippen molar-refractivity contribution in [2.24, 2.45) is 0 Å². The number of carbonyl (C=O) groups is 1. The lowest BCUT2D eigenvalue weighted by Gasteiger charge is -2.30. The first kappa shape index (κ1) is 16.0. The van der Waals surface area contributed by atoms with Crippen LogP contribution in [-0.2, 0) is 11.2 Å². The molecule has 3 nitrogen and oxygen atoms in total. The van der Waals surface area contributed by atoms with Gasteiger partial charge in [-0.05, 0) is 44.4 Å². The Morgan fingerprint density at radius 3 is 2.47 bits per heavy atom. The third-order valence-electron chi connectivity index (χ3n) is 3.24. The van der Waals surface area contributed by atoms with Gasteiger partial charge in [-0.1, -0.05) is 37.1 Å². The van der Waals surface area contributed by atoms with E-state index in [0.29, 0.717) is 11.4 Å². The molecule has 0 bridgehead atoms. The molecule has 1 aromatic carbocycles. The van der Waals surface area contributed by atoms with Crippen LogP contribution < -0.4 is 5.32 Å². The maximum absolute atomic E-state index is 11.4. The van der Waals surface area contributed by atoms with E-state index in [2.05, 4.69) is 5.32 Å². The van der Waals surface area contributed by atoms with E-state index in [1.54, 1.807) is 6.92 Å². The van der Waals surface area contributed by atoms with E-state index in [1.807, 2.05) is 38.1 Å². The number of benzene rings is 1. The molecule has 0 saturated carbocycles. The second-order valence-electron chi connectivity index (χ2n) is 5.26. The third kappa shape index (κ3) is 4.84. The molecule has 0 amide bonds. The highest BCUT2D eigenvalue weighted by Crippen LogP contribution is 2.16. The van der Waals surface area contributed by atoms with E-state index < -0.39 is 11.5 Å². The molecule has 19 heavy (non-hydrogen) atoms. The van der Waals surface area contributed by atoms with Crippen molar-refractivity contribution in [2.45, 2.75) is 51.6 Å². The van der Waals surface area contributed by atoms with Gasteiger partial charge in [-0.2, -0.15) is 0 Å². The quantitative estimate of drug-likeness (QED) is 0.805. The van der Waals surface area contributed by atoms with Gasteiger partial charge < -0.3 is 5.11 Å². The highest BCUT2D eigenvalue weighted by molar-refractivity contribution is 6.30. The Labute approximate surface area is 120 Å². The molecule has 0 aromatic heterocycles. The van der Waals surface area contributed by atoms with Crippen LogP contribution in [0.2, 0.25) is 5.02 Å². The predicted octanol–water partition coefficient (Wildman–Crippen LogP) is 3.50. The monoisotopic (exact) mass is 283 g/mol. The standard InChI is InChI=1S/C15H22ClNO2/c1-4-9-15(3,14(18)19)17-11(2)10-12-5-7-13(16)8-6-12/h5-8,11,17H,4,9-10H2,1-3H3,(H,18,19). The fourth-order valence-electron chi connectivity index (χ4n) is 2.31. The van der Waals surface area contributed by atoms with Gasteiger partial charge in [0.2, 0.25) is 0 Å². The average molecular weight is 284 g/mol. The van der Waals surface area contributed by atoms with E-state index in [-0.39, 0.29) is 6.04 Å². The lowest BCUT2D eigenvalue weighted by atomic mass is 9.94. The number of carboxylic acid groups (broad SMARTS) is 1. The molecule has 4 heteroatoms. The molecule has 0 spiro atoms. The number of nitrogens with one attached hydrogen (secondary N) is 1. The SMILES string of the molecule is CCCC(C)(NC(C)Cc1ccc(Cl)cc1)C(=O)O. The molecule has 0 saturated heterocycles. The second kappa shape index (κ2) is 6.92. The van der Waals surface area contributed by atoms with Crippen molar-refractivity contribution in [3.8, 4) is 0 Å². The summed E-state index contributed by atoms with van der Waals surface area (Å²) in [7, 11) is 0. The van der Waals surface area contributed by atoms with E-state index >= 15 is 0 Å². The van der Waals surface area contributed by atoms with Crippen LogP contribution in [0.3, 0.4) is 0 Å². The maximum Gasteiger partial charge on any atom is 0.323 e. The van der Waals surface area contributed by atoms with Crippen molar-refractivity contribution in [1.29, 1.82) is 0 Å². The van der Waals surface area contributed by atoms with Crippen molar-refractivity contribution < 1.29 is 9.90 Å². The molecule has 0 aliphatic carbocycles. The number of halogens is 1. The van der Waals surface area contributed by atoms with Crippen LogP contribution in [-0.4, -0.2) is 22.7 Å². The summed E-state index contributed by atoms with van der Waals surface area (Å²) in [6.07, 6.45) is 2.24. The summed E-state index contributed by atoms with van der Waals surface area (Å²) >= 11 is 5.84. The first-order valence-corrected chi connectivity index (χ1v) is 7.00. The van der Waals surface area contributed by atoms with E-state index in [4.69, 9.17) is 11.6 Å². The van der Waals surface area contributed by atoms with Gasteiger partial charge in [-0.25, -0.2) is 0 Å². The lowest BCUT2D eigenvalue weighted by molar-refractivity contribution is -0.144. The van der Waals surface area contributed by atoms with Crippen LogP contribution in [0, 0.1) is 0 Å². The summed E-state index contributed by atoms with van der Waals surface area (Å²) in [4.78, 5) is 11.4. The molecular weight excluding hydrogens is 262 g/mol. The molecule has 0 fully saturated rings. The molecule has 1 aromatic rings. The Balaban J connectivity index is 2.65. The van der Waals surface area contributed by atoms with E-state index in [0.717, 1.165) is 18.4 Å². The Kier molecular flexibility index (Phi) is 5.83. The molecule has 2 N–H and O–H groups in total. The Morgan fingerprint density at radius 2 is 2.00 bits per heavy atom. The van der Waals surface area contributed by atoms with Crippen molar-refractivity contribution >= 4 is 17.6 Å². The highest BCUT2D eigenvalue weighted by Gasteiger charge is 2.32. The Bertz CT molecular complexity index is 419. The van der Waals surface area contributed by atoms with Gasteiger partial charge >= 0.3 is 5.97 Å². The molecule has 2 atom stereocenters. The first-order valence-electron chi connectivity index (χ1n) is 6.63. The van der Waals surface area contributed by atoms with E-state index in [1.165, 1.54) is 0 Å². The smallest absolute Gasteiger partial charge is 0.323 e. The molecule has 0 aliphatic heterocycles. The number of hydrogen-bond donors (Lipinski definition) is 2. The summed E-state index contributed by atoms with van der Waals surface area (Å²) in [5.41, 5.74) is 0.286. The van der Waals surface area contributed by atoms with Gasteiger partial charge in [0.1, 0.15) is 5.54 Å². The topological polar surface area (TPSA) is 49.3 Å². The molecule has 1 rings (SSSR count). The first-order chi connectivity index (χ1) is 8.87. The zero-order chi connectivity index (χ0) is 14.5. The average Bonchev–Trinajstić information content (AvgIpc) is 2.32. The van der Waals surface area contributed by atoms with Gasteiger partial charge in [0, 0.05) is 11.1 Å². The molecule has 0 radical (unpaired) electrons. The number of carboxylic acids is 1. The number of rotatable bonds is 7. The molecule has 0 aliphatic rings. The van der Waals surface area contributed by atoms with Crippen LogP contribution in [0.25, 0.3) is 0 Å². The van der Waals surface area contributed by atoms with Crippen molar-refractivity contribution in [3.63, 3.8) is 0 Å². The van der Waals surface area contributed by atoms with Gasteiger partial charge in [0.25, 0.3) is 0 Å². The Hall–Kier alpha value is -1.06. The summed E-state index contributed by atoms with van der Waals surface area (Å²) in [5.74, 6) is -0.794. The predicted molar refractivity (Wildman–Crippen MR) is 78.7 cm³/mol. The van der Waals surface area contributed by atoms with Crippen molar-refractivity contribution in [1.82, 2.24) is 5.32 Å². The van der Waals surface area contributed by atoms with Gasteiger partial charge in [0.15, 0.2) is 0 Å². The lowest BCUT2D eigenvalue weighted by Crippen LogP contribution is -2.53. The number of aliphatic carboxylic acids is 1. The minimum atomic E-state index is -0.861. The summed E-state index contributed by atoms with van der Waals surface area (Å²) < 4.78 is 0. The normalized spacial score (nSPS) is 15.8. The van der Waals surface area contributed by atoms with Crippen molar-refractivity contribution in [2.75, 3.05) is 0 Å². The summed E-state index contributed by atoms with van der Waals surface area (Å²) in [6, 6.07) is 7.74. The fourth-order valence-corrected chi connectivity index (χ4v) is 2.44. The van der Waals surface area contributed by atoms with Gasteiger partial charge in [-0.15, -0.1) is 0 Å². The zero-order valence-electron chi connectivity index (χ0n) is 11.7. The highest BCUT2D eigenvalue weighted by atomic mass is 35.5. The number of hydrogen-bond acceptors (Lipinski definition) is 2. The summed E-state index contributed by atoms with van der Waals surface area (Å²) in [6.45, 7) is 5.75. The molecule has 0 heterocycles. The minimum Gasteiger partial charge on any atom is -0.480 e. The van der Waals surface area contributed by atoms with Crippen LogP contribution >= 0.6 is 11.6 Å². The minimum absolute atomic E-state index is 0.0915. The maximum atomic E-state index is 11.4. The van der Waals surface area contributed by atoms with Crippen LogP contribution in [0.1, 0.15) is 39.2 Å².